The van der Waals surface area contributed by atoms with E-state index in [4.69, 9.17) is 5.11 Å². The fourth-order valence-corrected chi connectivity index (χ4v) is 1.18. The highest BCUT2D eigenvalue weighted by Gasteiger charge is 2.09. The highest BCUT2D eigenvalue weighted by molar-refractivity contribution is 4.95. The molecule has 0 aromatic rings. The van der Waals surface area contributed by atoms with Crippen molar-refractivity contribution in [3.63, 3.8) is 0 Å². The van der Waals surface area contributed by atoms with Crippen LogP contribution in [0.25, 0.3) is 0 Å². The zero-order chi connectivity index (χ0) is 9.56. The van der Waals surface area contributed by atoms with Gasteiger partial charge in [-0.2, -0.15) is 0 Å². The van der Waals surface area contributed by atoms with E-state index in [0.717, 1.165) is 17.9 Å². The zero-order valence-corrected chi connectivity index (χ0v) is 8.64. The highest BCUT2D eigenvalue weighted by Crippen LogP contribution is 2.19. The van der Waals surface area contributed by atoms with E-state index in [1.807, 2.05) is 6.92 Å². The van der Waals surface area contributed by atoms with Gasteiger partial charge in [0.25, 0.3) is 0 Å². The van der Waals surface area contributed by atoms with Crippen LogP contribution >= 0.6 is 0 Å². The van der Waals surface area contributed by atoms with Crippen LogP contribution in [0.3, 0.4) is 0 Å². The molecule has 0 radical (unpaired) electrons. The Morgan fingerprint density at radius 1 is 1.42 bits per heavy atom. The predicted molar refractivity (Wildman–Crippen MR) is 54.1 cm³/mol. The summed E-state index contributed by atoms with van der Waals surface area (Å²) in [6.45, 7) is 10.6. The third kappa shape index (κ3) is 4.55. The molecule has 0 rings (SSSR count). The molecule has 0 aromatic heterocycles. The van der Waals surface area contributed by atoms with Gasteiger partial charge in [-0.1, -0.05) is 38.8 Å². The van der Waals surface area contributed by atoms with Crippen molar-refractivity contribution in [3.8, 4) is 0 Å². The number of aliphatic hydroxyl groups is 1. The van der Waals surface area contributed by atoms with Crippen molar-refractivity contribution >= 4 is 0 Å². The van der Waals surface area contributed by atoms with Gasteiger partial charge in [-0.05, 0) is 19.3 Å². The number of hydrogen-bond donors (Lipinski definition) is 1. The summed E-state index contributed by atoms with van der Waals surface area (Å²) < 4.78 is 0. The molecule has 1 N–H and O–H groups in total. The summed E-state index contributed by atoms with van der Waals surface area (Å²) in [5, 5.41) is 9.02. The molecule has 0 aliphatic carbocycles. The van der Waals surface area contributed by atoms with E-state index in [1.165, 1.54) is 12.8 Å². The van der Waals surface area contributed by atoms with E-state index in [9.17, 15) is 0 Å². The summed E-state index contributed by atoms with van der Waals surface area (Å²) in [4.78, 5) is 0. The maximum Gasteiger partial charge on any atom is 0.0496 e. The average Bonchev–Trinajstić information content (AvgIpc) is 2.04. The van der Waals surface area contributed by atoms with Gasteiger partial charge in [-0.25, -0.2) is 0 Å². The first kappa shape index (κ1) is 11.7. The molecule has 72 valence electrons. The summed E-state index contributed by atoms with van der Waals surface area (Å²) in [5.74, 6) is 1.09. The lowest BCUT2D eigenvalue weighted by Crippen LogP contribution is -2.08. The van der Waals surface area contributed by atoms with Gasteiger partial charge in [-0.3, -0.25) is 0 Å². The molecule has 0 aliphatic rings. The first-order valence-electron chi connectivity index (χ1n) is 4.88. The second-order valence-corrected chi connectivity index (χ2v) is 3.82. The largest absolute Gasteiger partial charge is 0.396 e. The van der Waals surface area contributed by atoms with Crippen molar-refractivity contribution in [2.24, 2.45) is 11.8 Å². The van der Waals surface area contributed by atoms with Gasteiger partial charge >= 0.3 is 0 Å². The smallest absolute Gasteiger partial charge is 0.0496 e. The Hall–Kier alpha value is -0.300. The minimum atomic E-state index is 0.256. The minimum Gasteiger partial charge on any atom is -0.396 e. The normalized spacial score (nSPS) is 15.7. The Kier molecular flexibility index (Phi) is 6.09. The van der Waals surface area contributed by atoms with E-state index >= 15 is 0 Å². The fraction of sp³-hybridized carbons (Fsp3) is 0.818. The molecule has 0 bridgehead atoms. The van der Waals surface area contributed by atoms with Crippen molar-refractivity contribution in [1.29, 1.82) is 0 Å². The molecule has 0 saturated carbocycles. The van der Waals surface area contributed by atoms with Crippen LogP contribution in [-0.2, 0) is 0 Å². The van der Waals surface area contributed by atoms with Crippen molar-refractivity contribution < 1.29 is 5.11 Å². The Labute approximate surface area is 76.5 Å². The Bertz CT molecular complexity index is 129. The first-order chi connectivity index (χ1) is 5.61. The molecule has 0 heterocycles. The van der Waals surface area contributed by atoms with Gasteiger partial charge in [0.1, 0.15) is 0 Å². The van der Waals surface area contributed by atoms with Gasteiger partial charge in [0.2, 0.25) is 0 Å². The van der Waals surface area contributed by atoms with Gasteiger partial charge in [0, 0.05) is 12.5 Å². The second-order valence-electron chi connectivity index (χ2n) is 3.82. The van der Waals surface area contributed by atoms with Crippen LogP contribution in [0.4, 0.5) is 0 Å². The summed E-state index contributed by atoms with van der Waals surface area (Å²) in [5.41, 5.74) is 1.11. The SMILES string of the molecule is C=C(C)C(CO)CCC(C)CC. The molecule has 0 spiro atoms. The van der Waals surface area contributed by atoms with E-state index in [1.54, 1.807) is 0 Å². The number of aliphatic hydroxyl groups excluding tert-OH is 1. The molecule has 12 heavy (non-hydrogen) atoms. The first-order valence-corrected chi connectivity index (χ1v) is 4.88. The number of hydrogen-bond acceptors (Lipinski definition) is 1. The molecule has 0 aromatic carbocycles. The van der Waals surface area contributed by atoms with Gasteiger partial charge in [0.15, 0.2) is 0 Å². The van der Waals surface area contributed by atoms with Crippen LogP contribution in [0.5, 0.6) is 0 Å². The number of rotatable bonds is 6. The van der Waals surface area contributed by atoms with Gasteiger partial charge < -0.3 is 5.11 Å². The monoisotopic (exact) mass is 170 g/mol. The minimum absolute atomic E-state index is 0.256. The third-order valence-corrected chi connectivity index (χ3v) is 2.62. The quantitative estimate of drug-likeness (QED) is 0.608. The molecular formula is C11H22O. The maximum absolute atomic E-state index is 9.02. The molecule has 0 amide bonds. The molecule has 0 saturated heterocycles. The van der Waals surface area contributed by atoms with Crippen molar-refractivity contribution in [1.82, 2.24) is 0 Å². The Balaban J connectivity index is 3.65. The Morgan fingerprint density at radius 2 is 2.00 bits per heavy atom. The summed E-state index contributed by atoms with van der Waals surface area (Å²) in [7, 11) is 0. The molecular weight excluding hydrogens is 148 g/mol. The molecule has 2 unspecified atom stereocenters. The van der Waals surface area contributed by atoms with E-state index in [0.29, 0.717) is 5.92 Å². The van der Waals surface area contributed by atoms with E-state index in [2.05, 4.69) is 20.4 Å². The summed E-state index contributed by atoms with van der Waals surface area (Å²) >= 11 is 0. The third-order valence-electron chi connectivity index (χ3n) is 2.62. The molecule has 2 atom stereocenters. The summed E-state index contributed by atoms with van der Waals surface area (Å²) in [6.07, 6.45) is 3.52. The molecule has 1 heteroatoms. The lowest BCUT2D eigenvalue weighted by atomic mass is 9.92. The zero-order valence-electron chi connectivity index (χ0n) is 8.64. The molecule has 0 aliphatic heterocycles. The van der Waals surface area contributed by atoms with Crippen molar-refractivity contribution in [2.45, 2.75) is 40.0 Å². The second kappa shape index (κ2) is 6.24. The summed E-state index contributed by atoms with van der Waals surface area (Å²) in [6, 6.07) is 0. The lowest BCUT2D eigenvalue weighted by Gasteiger charge is -2.16. The average molecular weight is 170 g/mol. The van der Waals surface area contributed by atoms with Gasteiger partial charge in [0.05, 0.1) is 0 Å². The van der Waals surface area contributed by atoms with Crippen LogP contribution in [-0.4, -0.2) is 11.7 Å². The predicted octanol–water partition coefficient (Wildman–Crippen LogP) is 3.00. The van der Waals surface area contributed by atoms with Crippen LogP contribution in [0.15, 0.2) is 12.2 Å². The fourth-order valence-electron chi connectivity index (χ4n) is 1.18. The van der Waals surface area contributed by atoms with Crippen molar-refractivity contribution in [3.05, 3.63) is 12.2 Å². The highest BCUT2D eigenvalue weighted by atomic mass is 16.3. The topological polar surface area (TPSA) is 20.2 Å². The van der Waals surface area contributed by atoms with Gasteiger partial charge in [-0.15, -0.1) is 0 Å². The van der Waals surface area contributed by atoms with E-state index in [-0.39, 0.29) is 6.61 Å². The standard InChI is InChI=1S/C11H22O/c1-5-10(4)6-7-11(8-12)9(2)3/h10-12H,2,5-8H2,1,3-4H3. The molecule has 1 nitrogen and oxygen atoms in total. The lowest BCUT2D eigenvalue weighted by molar-refractivity contribution is 0.232. The maximum atomic E-state index is 9.02. The van der Waals surface area contributed by atoms with Crippen LogP contribution in [0.1, 0.15) is 40.0 Å². The van der Waals surface area contributed by atoms with Crippen LogP contribution in [0, 0.1) is 11.8 Å². The van der Waals surface area contributed by atoms with Crippen molar-refractivity contribution in [2.75, 3.05) is 6.61 Å². The Morgan fingerprint density at radius 3 is 2.33 bits per heavy atom. The molecule has 0 fully saturated rings. The van der Waals surface area contributed by atoms with Crippen LogP contribution in [0.2, 0.25) is 0 Å². The van der Waals surface area contributed by atoms with E-state index < -0.39 is 0 Å². The van der Waals surface area contributed by atoms with Crippen LogP contribution < -0.4 is 0 Å².